The first-order valence-electron chi connectivity index (χ1n) is 6.52. The van der Waals surface area contributed by atoms with Crippen LogP contribution in [0.2, 0.25) is 0 Å². The van der Waals surface area contributed by atoms with Crippen LogP contribution in [0.5, 0.6) is 0 Å². The molecule has 1 aliphatic heterocycles. The Balaban J connectivity index is 2.02. The van der Waals surface area contributed by atoms with Gasteiger partial charge in [-0.2, -0.15) is 0 Å². The van der Waals surface area contributed by atoms with Gasteiger partial charge in [-0.05, 0) is 18.8 Å². The minimum atomic E-state index is -1.15. The zero-order chi connectivity index (χ0) is 14.7. The molecule has 0 spiro atoms. The third-order valence-corrected chi connectivity index (χ3v) is 3.89. The summed E-state index contributed by atoms with van der Waals surface area (Å²) < 4.78 is 9.91. The molecule has 0 bridgehead atoms. The predicted octanol–water partition coefficient (Wildman–Crippen LogP) is -1.04. The van der Waals surface area contributed by atoms with Crippen molar-refractivity contribution in [1.29, 1.82) is 0 Å². The van der Waals surface area contributed by atoms with Gasteiger partial charge >= 0.3 is 5.97 Å². The van der Waals surface area contributed by atoms with Crippen LogP contribution in [-0.2, 0) is 19.1 Å². The van der Waals surface area contributed by atoms with Crippen molar-refractivity contribution in [3.05, 3.63) is 11.8 Å². The van der Waals surface area contributed by atoms with Crippen molar-refractivity contribution < 1.29 is 34.4 Å². The number of esters is 1. The molecule has 20 heavy (non-hydrogen) atoms. The van der Waals surface area contributed by atoms with Gasteiger partial charge in [0.1, 0.15) is 19.0 Å². The third kappa shape index (κ3) is 2.84. The van der Waals surface area contributed by atoms with Crippen LogP contribution >= 0.6 is 0 Å². The predicted molar refractivity (Wildman–Crippen MR) is 65.0 cm³/mol. The van der Waals surface area contributed by atoms with Crippen molar-refractivity contribution in [2.45, 2.75) is 25.2 Å². The zero-order valence-electron chi connectivity index (χ0n) is 10.8. The van der Waals surface area contributed by atoms with Crippen LogP contribution in [0.25, 0.3) is 0 Å². The standard InChI is InChI=1S/C13H18O7/c14-3-7-5-19-13(18)11-9(7)1-2-10(11)12(17)20-6-8(16)4-15/h3,5,8-11,13,15-16,18H,1-2,4,6H2. The highest BCUT2D eigenvalue weighted by molar-refractivity contribution is 5.77. The Labute approximate surface area is 115 Å². The summed E-state index contributed by atoms with van der Waals surface area (Å²) in [6.07, 6.45) is 0.725. The molecule has 0 aromatic carbocycles. The average molecular weight is 286 g/mol. The molecule has 0 saturated heterocycles. The van der Waals surface area contributed by atoms with Crippen molar-refractivity contribution in [2.24, 2.45) is 17.8 Å². The van der Waals surface area contributed by atoms with Crippen molar-refractivity contribution in [1.82, 2.24) is 0 Å². The molecule has 0 aromatic heterocycles. The van der Waals surface area contributed by atoms with Crippen molar-refractivity contribution in [2.75, 3.05) is 13.2 Å². The number of carbonyl (C=O) groups is 2. The fraction of sp³-hybridized carbons (Fsp3) is 0.692. The highest BCUT2D eigenvalue weighted by Crippen LogP contribution is 2.45. The number of aliphatic hydroxyl groups is 3. The van der Waals surface area contributed by atoms with Crippen LogP contribution in [0, 0.1) is 17.8 Å². The van der Waals surface area contributed by atoms with E-state index in [1.54, 1.807) is 0 Å². The largest absolute Gasteiger partial charge is 0.472 e. The van der Waals surface area contributed by atoms with E-state index in [9.17, 15) is 14.7 Å². The number of allylic oxidation sites excluding steroid dienone is 1. The molecular weight excluding hydrogens is 268 g/mol. The lowest BCUT2D eigenvalue weighted by Crippen LogP contribution is -2.38. The van der Waals surface area contributed by atoms with E-state index >= 15 is 0 Å². The van der Waals surface area contributed by atoms with E-state index in [0.29, 0.717) is 24.7 Å². The van der Waals surface area contributed by atoms with Crippen molar-refractivity contribution >= 4 is 12.3 Å². The van der Waals surface area contributed by atoms with Crippen LogP contribution < -0.4 is 0 Å². The van der Waals surface area contributed by atoms with E-state index in [-0.39, 0.29) is 12.5 Å². The van der Waals surface area contributed by atoms with Crippen LogP contribution in [0.1, 0.15) is 12.8 Å². The van der Waals surface area contributed by atoms with Crippen molar-refractivity contribution in [3.63, 3.8) is 0 Å². The zero-order valence-corrected chi connectivity index (χ0v) is 10.8. The Morgan fingerprint density at radius 1 is 1.55 bits per heavy atom. The first-order chi connectivity index (χ1) is 9.58. The summed E-state index contributed by atoms with van der Waals surface area (Å²) in [6.45, 7) is -0.787. The topological polar surface area (TPSA) is 113 Å². The molecular formula is C13H18O7. The lowest BCUT2D eigenvalue weighted by Gasteiger charge is -2.31. The maximum atomic E-state index is 12.0. The van der Waals surface area contributed by atoms with Gasteiger partial charge in [0, 0.05) is 11.5 Å². The number of hydrogen-bond donors (Lipinski definition) is 3. The molecule has 7 nitrogen and oxygen atoms in total. The summed E-state index contributed by atoms with van der Waals surface area (Å²) in [4.78, 5) is 22.9. The van der Waals surface area contributed by atoms with Gasteiger partial charge in [0.2, 0.25) is 6.29 Å². The monoisotopic (exact) mass is 286 g/mol. The fourth-order valence-corrected chi connectivity index (χ4v) is 2.87. The summed E-state index contributed by atoms with van der Waals surface area (Å²) in [5.41, 5.74) is 0.436. The van der Waals surface area contributed by atoms with E-state index in [1.807, 2.05) is 0 Å². The molecule has 0 amide bonds. The third-order valence-electron chi connectivity index (χ3n) is 3.89. The normalized spacial score (nSPS) is 33.6. The molecule has 3 N–H and O–H groups in total. The molecule has 0 radical (unpaired) electrons. The molecule has 7 heteroatoms. The van der Waals surface area contributed by atoms with E-state index in [2.05, 4.69) is 0 Å². The Bertz CT molecular complexity index is 406. The van der Waals surface area contributed by atoms with Gasteiger partial charge in [-0.15, -0.1) is 0 Å². The molecule has 1 saturated carbocycles. The molecule has 2 rings (SSSR count). The van der Waals surface area contributed by atoms with E-state index in [0.717, 1.165) is 0 Å². The lowest BCUT2D eigenvalue weighted by molar-refractivity contribution is -0.166. The van der Waals surface area contributed by atoms with E-state index in [1.165, 1.54) is 6.26 Å². The number of carbonyl (C=O) groups excluding carboxylic acids is 2. The number of fused-ring (bicyclic) bond motifs is 1. The van der Waals surface area contributed by atoms with Crippen LogP contribution in [-0.4, -0.2) is 53.2 Å². The minimum absolute atomic E-state index is 0.212. The molecule has 1 aliphatic carbocycles. The second-order valence-electron chi connectivity index (χ2n) is 5.10. The average Bonchev–Trinajstić information content (AvgIpc) is 2.90. The van der Waals surface area contributed by atoms with Gasteiger partial charge in [0.05, 0.1) is 18.8 Å². The SMILES string of the molecule is O=CC1=COC(O)C2C(C(=O)OCC(O)CO)CCC12. The highest BCUT2D eigenvalue weighted by atomic mass is 16.6. The molecule has 5 unspecified atom stereocenters. The van der Waals surface area contributed by atoms with Crippen LogP contribution in [0.3, 0.4) is 0 Å². The Hall–Kier alpha value is -1.44. The molecule has 0 aromatic rings. The van der Waals surface area contributed by atoms with Gasteiger partial charge in [0.15, 0.2) is 0 Å². The van der Waals surface area contributed by atoms with E-state index < -0.39 is 36.8 Å². The van der Waals surface area contributed by atoms with Crippen LogP contribution in [0.4, 0.5) is 0 Å². The first kappa shape index (κ1) is 15.0. The van der Waals surface area contributed by atoms with Gasteiger partial charge in [-0.1, -0.05) is 0 Å². The van der Waals surface area contributed by atoms with Gasteiger partial charge in [0.25, 0.3) is 0 Å². The van der Waals surface area contributed by atoms with Gasteiger partial charge in [-0.25, -0.2) is 0 Å². The Morgan fingerprint density at radius 3 is 2.95 bits per heavy atom. The van der Waals surface area contributed by atoms with Gasteiger partial charge < -0.3 is 24.8 Å². The van der Waals surface area contributed by atoms with Crippen molar-refractivity contribution in [3.8, 4) is 0 Å². The number of ether oxygens (including phenoxy) is 2. The molecule has 112 valence electrons. The molecule has 5 atom stereocenters. The van der Waals surface area contributed by atoms with Crippen LogP contribution in [0.15, 0.2) is 11.8 Å². The second-order valence-corrected chi connectivity index (χ2v) is 5.10. The maximum Gasteiger partial charge on any atom is 0.309 e. The smallest absolute Gasteiger partial charge is 0.309 e. The number of aldehydes is 1. The summed E-state index contributed by atoms with van der Waals surface area (Å²) >= 11 is 0. The highest BCUT2D eigenvalue weighted by Gasteiger charge is 2.49. The summed E-state index contributed by atoms with van der Waals surface area (Å²) in [7, 11) is 0. The number of aliphatic hydroxyl groups excluding tert-OH is 3. The van der Waals surface area contributed by atoms with E-state index in [4.69, 9.17) is 19.7 Å². The maximum absolute atomic E-state index is 12.0. The minimum Gasteiger partial charge on any atom is -0.472 e. The molecule has 1 heterocycles. The summed E-state index contributed by atoms with van der Waals surface area (Å²) in [6, 6.07) is 0. The Morgan fingerprint density at radius 2 is 2.30 bits per heavy atom. The number of rotatable bonds is 5. The molecule has 2 aliphatic rings. The lowest BCUT2D eigenvalue weighted by atomic mass is 9.83. The van der Waals surface area contributed by atoms with Gasteiger partial charge in [-0.3, -0.25) is 9.59 Å². The summed E-state index contributed by atoms with van der Waals surface area (Å²) in [5.74, 6) is -1.86. The summed E-state index contributed by atoms with van der Waals surface area (Å²) in [5, 5.41) is 27.7. The fourth-order valence-electron chi connectivity index (χ4n) is 2.87. The molecule has 1 fully saturated rings. The Kier molecular flexibility index (Phi) is 4.74. The second kappa shape index (κ2) is 6.34. The quantitative estimate of drug-likeness (QED) is 0.437. The number of hydrogen-bond acceptors (Lipinski definition) is 7. The first-order valence-corrected chi connectivity index (χ1v) is 6.52.